The highest BCUT2D eigenvalue weighted by Crippen LogP contribution is 2.41. The number of nitrogens with zero attached hydrogens (tertiary/aromatic N) is 2. The van der Waals surface area contributed by atoms with E-state index in [4.69, 9.17) is 9.40 Å². The molecule has 3 heteroatoms. The number of aromatic nitrogens is 1. The Morgan fingerprint density at radius 3 is 1.63 bits per heavy atom. The SMILES string of the molecule is CC(C)c1ccc(N(C2=CCC(C(C)C)C=C2)c2ccc(-c3ccccc3-c3ccccc3-c3ccc(-c4nc5ccccc5o4)cc3)cc2)cc1. The van der Waals surface area contributed by atoms with Gasteiger partial charge in [-0.3, -0.25) is 0 Å². The van der Waals surface area contributed by atoms with Crippen molar-refractivity contribution in [3.8, 4) is 44.8 Å². The summed E-state index contributed by atoms with van der Waals surface area (Å²) in [5, 5.41) is 0. The smallest absolute Gasteiger partial charge is 0.227 e. The molecule has 52 heavy (non-hydrogen) atoms. The zero-order chi connectivity index (χ0) is 35.6. The fourth-order valence-corrected chi connectivity index (χ4v) is 7.26. The van der Waals surface area contributed by atoms with E-state index in [1.54, 1.807) is 0 Å². The minimum Gasteiger partial charge on any atom is -0.436 e. The van der Waals surface area contributed by atoms with Crippen LogP contribution >= 0.6 is 0 Å². The zero-order valence-corrected chi connectivity index (χ0v) is 30.3. The molecule has 0 fully saturated rings. The van der Waals surface area contributed by atoms with E-state index in [-0.39, 0.29) is 0 Å². The molecule has 1 heterocycles. The predicted molar refractivity (Wildman–Crippen MR) is 219 cm³/mol. The zero-order valence-electron chi connectivity index (χ0n) is 30.3. The molecule has 0 amide bonds. The third-order valence-electron chi connectivity index (χ3n) is 10.4. The second kappa shape index (κ2) is 14.4. The van der Waals surface area contributed by atoms with Crippen molar-refractivity contribution in [3.05, 3.63) is 175 Å². The summed E-state index contributed by atoms with van der Waals surface area (Å²) in [5.74, 6) is 2.32. The molecule has 7 aromatic rings. The number of anilines is 2. The normalized spacial score (nSPS) is 14.3. The molecule has 1 aliphatic rings. The van der Waals surface area contributed by atoms with Crippen molar-refractivity contribution in [3.63, 3.8) is 0 Å². The van der Waals surface area contributed by atoms with Gasteiger partial charge in [0.05, 0.1) is 0 Å². The van der Waals surface area contributed by atoms with Crippen molar-refractivity contribution in [1.82, 2.24) is 4.98 Å². The Hall–Kier alpha value is -5.93. The number of fused-ring (bicyclic) bond motifs is 1. The number of hydrogen-bond donors (Lipinski definition) is 0. The van der Waals surface area contributed by atoms with Crippen molar-refractivity contribution in [2.45, 2.75) is 40.0 Å². The summed E-state index contributed by atoms with van der Waals surface area (Å²) < 4.78 is 6.05. The quantitative estimate of drug-likeness (QED) is 0.152. The van der Waals surface area contributed by atoms with Crippen molar-refractivity contribution in [1.29, 1.82) is 0 Å². The largest absolute Gasteiger partial charge is 0.436 e. The van der Waals surface area contributed by atoms with E-state index in [9.17, 15) is 0 Å². The van der Waals surface area contributed by atoms with E-state index in [0.717, 1.165) is 34.3 Å². The Morgan fingerprint density at radius 2 is 1.10 bits per heavy atom. The van der Waals surface area contributed by atoms with Gasteiger partial charge in [0.2, 0.25) is 5.89 Å². The summed E-state index contributed by atoms with van der Waals surface area (Å²) in [7, 11) is 0. The summed E-state index contributed by atoms with van der Waals surface area (Å²) in [4.78, 5) is 7.09. The van der Waals surface area contributed by atoms with Gasteiger partial charge in [0.1, 0.15) is 5.52 Å². The van der Waals surface area contributed by atoms with Crippen LogP contribution in [0.2, 0.25) is 0 Å². The lowest BCUT2D eigenvalue weighted by atomic mass is 9.88. The summed E-state index contributed by atoms with van der Waals surface area (Å²) in [5.41, 5.74) is 14.6. The molecule has 0 saturated heterocycles. The van der Waals surface area contributed by atoms with Crippen LogP contribution in [0.5, 0.6) is 0 Å². The minimum atomic E-state index is 0.492. The molecule has 1 atom stereocenters. The third-order valence-corrected chi connectivity index (χ3v) is 10.4. The number of hydrogen-bond acceptors (Lipinski definition) is 3. The number of para-hydroxylation sites is 2. The van der Waals surface area contributed by atoms with E-state index in [1.165, 1.54) is 44.8 Å². The van der Waals surface area contributed by atoms with Crippen molar-refractivity contribution < 1.29 is 4.42 Å². The molecular weight excluding hydrogens is 633 g/mol. The molecule has 6 aromatic carbocycles. The molecule has 0 spiro atoms. The maximum absolute atomic E-state index is 6.05. The maximum atomic E-state index is 6.05. The summed E-state index contributed by atoms with van der Waals surface area (Å²) in [6.45, 7) is 9.11. The Balaban J connectivity index is 1.12. The van der Waals surface area contributed by atoms with E-state index in [2.05, 4.69) is 172 Å². The maximum Gasteiger partial charge on any atom is 0.227 e. The van der Waals surface area contributed by atoms with Crippen LogP contribution in [0.4, 0.5) is 11.4 Å². The molecule has 3 nitrogen and oxygen atoms in total. The van der Waals surface area contributed by atoms with Gasteiger partial charge in [-0.05, 0) is 118 Å². The highest BCUT2D eigenvalue weighted by Gasteiger charge is 2.20. The second-order valence-electron chi connectivity index (χ2n) is 14.4. The van der Waals surface area contributed by atoms with Crippen molar-refractivity contribution in [2.75, 3.05) is 4.90 Å². The number of benzene rings is 6. The van der Waals surface area contributed by atoms with Gasteiger partial charge in [0.25, 0.3) is 0 Å². The van der Waals surface area contributed by atoms with Crippen LogP contribution in [-0.2, 0) is 0 Å². The minimum absolute atomic E-state index is 0.492. The first-order valence-electron chi connectivity index (χ1n) is 18.5. The van der Waals surface area contributed by atoms with Gasteiger partial charge in [-0.25, -0.2) is 4.98 Å². The molecule has 0 aliphatic heterocycles. The van der Waals surface area contributed by atoms with Gasteiger partial charge in [-0.2, -0.15) is 0 Å². The number of allylic oxidation sites excluding steroid dienone is 3. The molecule has 256 valence electrons. The first kappa shape index (κ1) is 33.2. The van der Waals surface area contributed by atoms with Crippen LogP contribution in [0.3, 0.4) is 0 Å². The monoisotopic (exact) mass is 676 g/mol. The standard InChI is InChI=1S/C49H44N2O/c1-33(2)35-21-27-40(28-22-35)51(41-29-23-36(24-30-41)34(3)4)42-31-25-38(26-32-42)44-12-6-8-14-46(44)45-13-7-5-11-43(45)37-17-19-39(20-18-37)49-50-47-15-9-10-16-48(47)52-49/h5-23,25-34,36H,24H2,1-4H3. The fraction of sp³-hybridized carbons (Fsp3) is 0.163. The van der Waals surface area contributed by atoms with Gasteiger partial charge in [0, 0.05) is 22.6 Å². The summed E-state index contributed by atoms with van der Waals surface area (Å²) in [6.07, 6.45) is 8.15. The second-order valence-corrected chi connectivity index (χ2v) is 14.4. The van der Waals surface area contributed by atoms with Gasteiger partial charge >= 0.3 is 0 Å². The number of oxazole rings is 1. The molecule has 1 unspecified atom stereocenters. The highest BCUT2D eigenvalue weighted by molar-refractivity contribution is 5.92. The number of rotatable bonds is 9. The van der Waals surface area contributed by atoms with E-state index < -0.39 is 0 Å². The van der Waals surface area contributed by atoms with Crippen LogP contribution in [0.15, 0.2) is 174 Å². The molecule has 0 radical (unpaired) electrons. The van der Waals surface area contributed by atoms with E-state index in [0.29, 0.717) is 23.6 Å². The first-order valence-corrected chi connectivity index (χ1v) is 18.5. The summed E-state index contributed by atoms with van der Waals surface area (Å²) >= 11 is 0. The predicted octanol–water partition coefficient (Wildman–Crippen LogP) is 13.9. The van der Waals surface area contributed by atoms with Crippen LogP contribution in [0.25, 0.3) is 55.9 Å². The lowest BCUT2D eigenvalue weighted by Crippen LogP contribution is -2.18. The van der Waals surface area contributed by atoms with E-state index >= 15 is 0 Å². The van der Waals surface area contributed by atoms with Gasteiger partial charge in [-0.15, -0.1) is 0 Å². The van der Waals surface area contributed by atoms with Crippen LogP contribution in [0, 0.1) is 11.8 Å². The molecule has 1 aromatic heterocycles. The average molecular weight is 677 g/mol. The Kier molecular flexibility index (Phi) is 9.18. The van der Waals surface area contributed by atoms with Crippen LogP contribution < -0.4 is 4.90 Å². The van der Waals surface area contributed by atoms with Gasteiger partial charge in [0.15, 0.2) is 5.58 Å². The topological polar surface area (TPSA) is 29.3 Å². The first-order chi connectivity index (χ1) is 25.4. The van der Waals surface area contributed by atoms with Crippen molar-refractivity contribution >= 4 is 22.5 Å². The Morgan fingerprint density at radius 1 is 0.577 bits per heavy atom. The van der Waals surface area contributed by atoms with Crippen LogP contribution in [-0.4, -0.2) is 4.98 Å². The fourth-order valence-electron chi connectivity index (χ4n) is 7.26. The van der Waals surface area contributed by atoms with Crippen molar-refractivity contribution in [2.24, 2.45) is 11.8 Å². The van der Waals surface area contributed by atoms with E-state index in [1.807, 2.05) is 24.3 Å². The molecule has 1 aliphatic carbocycles. The highest BCUT2D eigenvalue weighted by atomic mass is 16.3. The van der Waals surface area contributed by atoms with Gasteiger partial charge < -0.3 is 9.32 Å². The Labute approximate surface area is 307 Å². The lowest BCUT2D eigenvalue weighted by Gasteiger charge is -2.30. The van der Waals surface area contributed by atoms with Gasteiger partial charge in [-0.1, -0.05) is 137 Å². The molecular formula is C49H44N2O. The molecule has 0 saturated carbocycles. The third kappa shape index (κ3) is 6.63. The Bertz CT molecular complexity index is 2340. The average Bonchev–Trinajstić information content (AvgIpc) is 3.63. The molecule has 0 N–H and O–H groups in total. The summed E-state index contributed by atoms with van der Waals surface area (Å²) in [6, 6.07) is 52.0. The molecule has 8 rings (SSSR count). The molecule has 0 bridgehead atoms. The van der Waals surface area contributed by atoms with Crippen LogP contribution in [0.1, 0.15) is 45.6 Å². The lowest BCUT2D eigenvalue weighted by molar-refractivity contribution is 0.466.